The van der Waals surface area contributed by atoms with Crippen LogP contribution in [0.3, 0.4) is 0 Å². The summed E-state index contributed by atoms with van der Waals surface area (Å²) in [5.41, 5.74) is 4.05. The zero-order valence-electron chi connectivity index (χ0n) is 8.81. The Morgan fingerprint density at radius 1 is 1.39 bits per heavy atom. The Balaban J connectivity index is 3.15. The molecular weight excluding hydrogens is 257 g/mol. The summed E-state index contributed by atoms with van der Waals surface area (Å²) < 4.78 is 36.3. The molecular formula is C9H9F3N2O4. The first kappa shape index (κ1) is 14.0. The van der Waals surface area contributed by atoms with Gasteiger partial charge in [0, 0.05) is 12.1 Å². The summed E-state index contributed by atoms with van der Waals surface area (Å²) in [4.78, 5) is 9.48. The van der Waals surface area contributed by atoms with Gasteiger partial charge in [-0.25, -0.2) is 0 Å². The second kappa shape index (κ2) is 4.69. The van der Waals surface area contributed by atoms with Crippen molar-refractivity contribution < 1.29 is 28.3 Å². The van der Waals surface area contributed by atoms with Crippen molar-refractivity contribution in [3.63, 3.8) is 0 Å². The van der Waals surface area contributed by atoms with E-state index in [0.717, 1.165) is 6.07 Å². The minimum absolute atomic E-state index is 0.283. The fourth-order valence-corrected chi connectivity index (χ4v) is 1.35. The van der Waals surface area contributed by atoms with E-state index in [1.807, 2.05) is 0 Å². The van der Waals surface area contributed by atoms with Crippen LogP contribution in [0.25, 0.3) is 0 Å². The molecule has 0 radical (unpaired) electrons. The summed E-state index contributed by atoms with van der Waals surface area (Å²) in [6, 6.07) is -0.0975. The van der Waals surface area contributed by atoms with Crippen molar-refractivity contribution in [1.29, 1.82) is 0 Å². The Bertz CT molecular complexity index is 476. The molecule has 0 aliphatic heterocycles. The van der Waals surface area contributed by atoms with Crippen molar-refractivity contribution in [3.05, 3.63) is 27.8 Å². The van der Waals surface area contributed by atoms with Crippen LogP contribution in [0.15, 0.2) is 12.1 Å². The maximum atomic E-state index is 12.1. The van der Waals surface area contributed by atoms with E-state index >= 15 is 0 Å². The lowest BCUT2D eigenvalue weighted by molar-refractivity contribution is -0.386. The van der Waals surface area contributed by atoms with Gasteiger partial charge in [0.25, 0.3) is 0 Å². The molecule has 0 aromatic heterocycles. The Morgan fingerprint density at radius 3 is 2.39 bits per heavy atom. The lowest BCUT2D eigenvalue weighted by atomic mass is 10.0. The molecule has 4 N–H and O–H groups in total. The largest absolute Gasteiger partial charge is 0.504 e. The highest BCUT2D eigenvalue weighted by atomic mass is 19.4. The molecule has 0 unspecified atom stereocenters. The lowest BCUT2D eigenvalue weighted by Gasteiger charge is -2.14. The van der Waals surface area contributed by atoms with Crippen molar-refractivity contribution >= 4 is 5.69 Å². The van der Waals surface area contributed by atoms with E-state index in [1.54, 1.807) is 0 Å². The van der Waals surface area contributed by atoms with Gasteiger partial charge in [-0.1, -0.05) is 0 Å². The summed E-state index contributed by atoms with van der Waals surface area (Å²) in [7, 11) is 0. The van der Waals surface area contributed by atoms with E-state index in [4.69, 9.17) is 10.8 Å². The van der Waals surface area contributed by atoms with Gasteiger partial charge < -0.3 is 15.9 Å². The van der Waals surface area contributed by atoms with Crippen LogP contribution < -0.4 is 5.73 Å². The maximum Gasteiger partial charge on any atom is 0.390 e. The number of aromatic hydroxyl groups is 2. The highest BCUT2D eigenvalue weighted by Crippen LogP contribution is 2.39. The van der Waals surface area contributed by atoms with Crippen LogP contribution in [-0.2, 0) is 0 Å². The van der Waals surface area contributed by atoms with Crippen LogP contribution in [0.4, 0.5) is 18.9 Å². The van der Waals surface area contributed by atoms with Crippen LogP contribution in [-0.4, -0.2) is 21.3 Å². The normalized spacial score (nSPS) is 13.3. The number of nitrogens with two attached hydrogens (primary N) is 1. The molecule has 0 heterocycles. The SMILES string of the molecule is N[C@@H](CC(F)(F)F)c1cc(O)c(O)c([N+](=O)[O-])c1. The van der Waals surface area contributed by atoms with Crippen molar-refractivity contribution in [2.45, 2.75) is 18.6 Å². The molecule has 1 aromatic carbocycles. The summed E-state index contributed by atoms with van der Waals surface area (Å²) in [5.74, 6) is -1.90. The summed E-state index contributed by atoms with van der Waals surface area (Å²) in [5, 5.41) is 28.8. The molecule has 0 spiro atoms. The third kappa shape index (κ3) is 3.23. The van der Waals surface area contributed by atoms with E-state index in [2.05, 4.69) is 0 Å². The van der Waals surface area contributed by atoms with Gasteiger partial charge in [0.2, 0.25) is 5.75 Å². The van der Waals surface area contributed by atoms with Crippen molar-refractivity contribution in [1.82, 2.24) is 0 Å². The number of phenolic OH excluding ortho intramolecular Hbond substituents is 2. The number of hydrogen-bond donors (Lipinski definition) is 3. The molecule has 1 aromatic rings. The van der Waals surface area contributed by atoms with Crippen LogP contribution in [0.5, 0.6) is 11.5 Å². The predicted octanol–water partition coefficient (Wildman–Crippen LogP) is 1.96. The predicted molar refractivity (Wildman–Crippen MR) is 54.0 cm³/mol. The molecule has 0 aliphatic carbocycles. The molecule has 1 atom stereocenters. The molecule has 1 rings (SSSR count). The van der Waals surface area contributed by atoms with E-state index in [-0.39, 0.29) is 5.56 Å². The molecule has 0 amide bonds. The van der Waals surface area contributed by atoms with Gasteiger partial charge in [0.1, 0.15) is 0 Å². The van der Waals surface area contributed by atoms with Gasteiger partial charge in [0.15, 0.2) is 5.75 Å². The second-order valence-corrected chi connectivity index (χ2v) is 3.59. The molecule has 9 heteroatoms. The van der Waals surface area contributed by atoms with Gasteiger partial charge >= 0.3 is 11.9 Å². The number of hydrogen-bond acceptors (Lipinski definition) is 5. The van der Waals surface area contributed by atoms with Crippen molar-refractivity contribution in [2.75, 3.05) is 0 Å². The first-order chi connectivity index (χ1) is 8.11. The minimum Gasteiger partial charge on any atom is -0.504 e. The van der Waals surface area contributed by atoms with Gasteiger partial charge in [0.05, 0.1) is 11.3 Å². The van der Waals surface area contributed by atoms with Crippen LogP contribution in [0.2, 0.25) is 0 Å². The maximum absolute atomic E-state index is 12.1. The number of nitro groups is 1. The van der Waals surface area contributed by atoms with E-state index in [0.29, 0.717) is 6.07 Å². The number of halogens is 3. The molecule has 18 heavy (non-hydrogen) atoms. The molecule has 6 nitrogen and oxygen atoms in total. The fraction of sp³-hybridized carbons (Fsp3) is 0.333. The van der Waals surface area contributed by atoms with Crippen LogP contribution >= 0.6 is 0 Å². The van der Waals surface area contributed by atoms with E-state index in [9.17, 15) is 28.4 Å². The third-order valence-electron chi connectivity index (χ3n) is 2.17. The average molecular weight is 266 g/mol. The number of alkyl halides is 3. The Hall–Kier alpha value is -2.03. The molecule has 0 aliphatic rings. The molecule has 100 valence electrons. The number of nitro benzene ring substituents is 1. The summed E-state index contributed by atoms with van der Waals surface area (Å²) in [6.45, 7) is 0. The summed E-state index contributed by atoms with van der Waals surface area (Å²) >= 11 is 0. The van der Waals surface area contributed by atoms with Crippen LogP contribution in [0, 0.1) is 10.1 Å². The fourth-order valence-electron chi connectivity index (χ4n) is 1.35. The average Bonchev–Trinajstić information content (AvgIpc) is 2.18. The van der Waals surface area contributed by atoms with Crippen LogP contribution in [0.1, 0.15) is 18.0 Å². The lowest BCUT2D eigenvalue weighted by Crippen LogP contribution is -2.20. The molecule has 0 fully saturated rings. The van der Waals surface area contributed by atoms with Crippen molar-refractivity contribution in [3.8, 4) is 11.5 Å². The molecule has 0 saturated heterocycles. The Morgan fingerprint density at radius 2 is 1.94 bits per heavy atom. The standard InChI is InChI=1S/C9H9F3N2O4/c10-9(11,12)3-5(13)4-1-6(14(17)18)8(16)7(15)2-4/h1-2,5,15-16H,3,13H2/t5-/m0/s1. The second-order valence-electron chi connectivity index (χ2n) is 3.59. The number of phenols is 2. The smallest absolute Gasteiger partial charge is 0.390 e. The Labute approximate surface area is 98.6 Å². The van der Waals surface area contributed by atoms with E-state index < -0.39 is 40.7 Å². The third-order valence-corrected chi connectivity index (χ3v) is 2.17. The van der Waals surface area contributed by atoms with E-state index in [1.165, 1.54) is 0 Å². The summed E-state index contributed by atoms with van der Waals surface area (Å²) in [6.07, 6.45) is -5.93. The molecule has 0 bridgehead atoms. The number of rotatable bonds is 3. The van der Waals surface area contributed by atoms with Gasteiger partial charge in [-0.2, -0.15) is 13.2 Å². The number of nitrogens with zero attached hydrogens (tertiary/aromatic N) is 1. The van der Waals surface area contributed by atoms with Crippen molar-refractivity contribution in [2.24, 2.45) is 5.73 Å². The van der Waals surface area contributed by atoms with Gasteiger partial charge in [-0.3, -0.25) is 10.1 Å². The molecule has 0 saturated carbocycles. The van der Waals surface area contributed by atoms with Gasteiger partial charge in [-0.05, 0) is 11.6 Å². The topological polar surface area (TPSA) is 110 Å². The first-order valence-corrected chi connectivity index (χ1v) is 4.64. The first-order valence-electron chi connectivity index (χ1n) is 4.64. The highest BCUT2D eigenvalue weighted by Gasteiger charge is 2.32. The Kier molecular flexibility index (Phi) is 3.65. The zero-order valence-corrected chi connectivity index (χ0v) is 8.81. The number of benzene rings is 1. The quantitative estimate of drug-likeness (QED) is 0.440. The monoisotopic (exact) mass is 266 g/mol. The highest BCUT2D eigenvalue weighted by molar-refractivity contribution is 5.56. The zero-order chi connectivity index (χ0) is 14.1. The minimum atomic E-state index is -4.54. The van der Waals surface area contributed by atoms with Gasteiger partial charge in [-0.15, -0.1) is 0 Å².